The molecule has 0 spiro atoms. The van der Waals surface area contributed by atoms with Crippen LogP contribution in [0.4, 0.5) is 11.5 Å². The van der Waals surface area contributed by atoms with Gasteiger partial charge in [0.1, 0.15) is 5.75 Å². The van der Waals surface area contributed by atoms with Gasteiger partial charge in [-0.2, -0.15) is 0 Å². The van der Waals surface area contributed by atoms with Crippen molar-refractivity contribution >= 4 is 23.3 Å². The van der Waals surface area contributed by atoms with Crippen molar-refractivity contribution in [2.75, 3.05) is 30.4 Å². The molecule has 0 fully saturated rings. The molecule has 0 aliphatic carbocycles. The Morgan fingerprint density at radius 1 is 1.16 bits per heavy atom. The number of carbonyl (C=O) groups excluding carboxylic acids is 2. The lowest BCUT2D eigenvalue weighted by molar-refractivity contribution is -0.117. The summed E-state index contributed by atoms with van der Waals surface area (Å²) in [6.07, 6.45) is 4.04. The zero-order valence-corrected chi connectivity index (χ0v) is 17.7. The number of nitrogens with one attached hydrogen (secondary N) is 1. The summed E-state index contributed by atoms with van der Waals surface area (Å²) in [6, 6.07) is 13.3. The van der Waals surface area contributed by atoms with E-state index in [1.807, 2.05) is 41.3 Å². The van der Waals surface area contributed by atoms with Gasteiger partial charge in [-0.1, -0.05) is 12.1 Å². The van der Waals surface area contributed by atoms with Gasteiger partial charge in [0.25, 0.3) is 5.91 Å². The van der Waals surface area contributed by atoms with Crippen molar-refractivity contribution in [1.82, 2.24) is 14.9 Å². The molecule has 2 aliphatic heterocycles. The van der Waals surface area contributed by atoms with Crippen molar-refractivity contribution < 1.29 is 14.3 Å². The first kappa shape index (κ1) is 20.0. The third-order valence-corrected chi connectivity index (χ3v) is 5.87. The smallest absolute Gasteiger partial charge is 0.255 e. The summed E-state index contributed by atoms with van der Waals surface area (Å²) in [4.78, 5) is 38.1. The first-order valence-corrected chi connectivity index (χ1v) is 10.5. The van der Waals surface area contributed by atoms with Gasteiger partial charge in [-0.3, -0.25) is 14.6 Å². The summed E-state index contributed by atoms with van der Waals surface area (Å²) in [7, 11) is 1.65. The summed E-state index contributed by atoms with van der Waals surface area (Å²) < 4.78 is 5.31. The van der Waals surface area contributed by atoms with E-state index in [0.29, 0.717) is 36.7 Å². The average Bonchev–Trinajstić information content (AvgIpc) is 2.85. The van der Waals surface area contributed by atoms with Crippen molar-refractivity contribution in [2.45, 2.75) is 19.5 Å². The monoisotopic (exact) mass is 429 g/mol. The van der Waals surface area contributed by atoms with Crippen LogP contribution >= 0.6 is 0 Å². The Bertz CT molecular complexity index is 1180. The summed E-state index contributed by atoms with van der Waals surface area (Å²) in [5.41, 5.74) is 4.15. The van der Waals surface area contributed by atoms with Gasteiger partial charge in [0.2, 0.25) is 5.91 Å². The van der Waals surface area contributed by atoms with Gasteiger partial charge in [-0.05, 0) is 47.9 Å². The summed E-state index contributed by atoms with van der Waals surface area (Å²) in [5.74, 6) is 1.23. The van der Waals surface area contributed by atoms with E-state index in [-0.39, 0.29) is 18.4 Å². The number of hydrogen-bond donors (Lipinski definition) is 1. The van der Waals surface area contributed by atoms with Crippen molar-refractivity contribution in [2.24, 2.45) is 0 Å². The highest BCUT2D eigenvalue weighted by atomic mass is 16.5. The zero-order chi connectivity index (χ0) is 22.1. The molecule has 0 unspecified atom stereocenters. The molecule has 162 valence electrons. The molecule has 1 aromatic carbocycles. The topological polar surface area (TPSA) is 87.7 Å². The van der Waals surface area contributed by atoms with Crippen LogP contribution in [0.3, 0.4) is 0 Å². The van der Waals surface area contributed by atoms with Crippen molar-refractivity contribution in [3.05, 3.63) is 77.2 Å². The van der Waals surface area contributed by atoms with Crippen LogP contribution in [0.2, 0.25) is 0 Å². The van der Waals surface area contributed by atoms with Gasteiger partial charge >= 0.3 is 0 Å². The number of ether oxygens (including phenoxy) is 1. The number of hydrogen-bond acceptors (Lipinski definition) is 6. The highest BCUT2D eigenvalue weighted by molar-refractivity contribution is 6.04. The number of pyridine rings is 2. The molecule has 0 atom stereocenters. The number of fused-ring (bicyclic) bond motifs is 2. The van der Waals surface area contributed by atoms with Crippen molar-refractivity contribution in [3.63, 3.8) is 0 Å². The molecule has 0 saturated heterocycles. The molecule has 8 nitrogen and oxygen atoms in total. The fourth-order valence-electron chi connectivity index (χ4n) is 4.14. The Morgan fingerprint density at radius 2 is 2.06 bits per heavy atom. The maximum absolute atomic E-state index is 13.3. The second-order valence-corrected chi connectivity index (χ2v) is 7.86. The third kappa shape index (κ3) is 3.75. The van der Waals surface area contributed by atoms with Crippen LogP contribution in [0, 0.1) is 0 Å². The summed E-state index contributed by atoms with van der Waals surface area (Å²) in [5, 5.41) is 3.04. The van der Waals surface area contributed by atoms with Gasteiger partial charge in [0.15, 0.2) is 5.82 Å². The van der Waals surface area contributed by atoms with Crippen LogP contribution in [0.5, 0.6) is 5.75 Å². The van der Waals surface area contributed by atoms with Crippen LogP contribution in [0.1, 0.15) is 27.2 Å². The molecule has 4 heterocycles. The molecular weight excluding hydrogens is 406 g/mol. The largest absolute Gasteiger partial charge is 0.497 e. The van der Waals surface area contributed by atoms with Crippen molar-refractivity contribution in [3.8, 4) is 5.75 Å². The second kappa shape index (κ2) is 8.30. The standard InChI is InChI=1S/C24H23N5O3/c1-32-20-6-5-17-14-28(9-7-16(17)10-20)24(31)18-11-21-23(26-12-18)27-13-22(30)29(21)15-19-4-2-3-8-25-19/h2-6,8,10-12H,7,9,13-15H2,1H3,(H,26,27). The van der Waals surface area contributed by atoms with Crippen LogP contribution in [0.15, 0.2) is 54.9 Å². The Balaban J connectivity index is 1.40. The van der Waals surface area contributed by atoms with E-state index in [9.17, 15) is 9.59 Å². The zero-order valence-electron chi connectivity index (χ0n) is 17.7. The van der Waals surface area contributed by atoms with E-state index in [1.54, 1.807) is 30.5 Å². The normalized spacial score (nSPS) is 15.0. The fraction of sp³-hybridized carbons (Fsp3) is 0.250. The minimum absolute atomic E-state index is 0.0876. The maximum atomic E-state index is 13.3. The minimum atomic E-state index is -0.0995. The number of methoxy groups -OCH3 is 1. The lowest BCUT2D eigenvalue weighted by atomic mass is 9.99. The minimum Gasteiger partial charge on any atom is -0.497 e. The molecule has 3 aromatic rings. The van der Waals surface area contributed by atoms with Gasteiger partial charge < -0.3 is 19.9 Å². The Labute approximate surface area is 185 Å². The van der Waals surface area contributed by atoms with Crippen LogP contribution in [0.25, 0.3) is 0 Å². The lowest BCUT2D eigenvalue weighted by Crippen LogP contribution is -2.40. The van der Waals surface area contributed by atoms with Crippen molar-refractivity contribution in [1.29, 1.82) is 0 Å². The molecular formula is C24H23N5O3. The summed E-state index contributed by atoms with van der Waals surface area (Å²) >= 11 is 0. The number of aromatic nitrogens is 2. The quantitative estimate of drug-likeness (QED) is 0.686. The number of nitrogens with zero attached hydrogens (tertiary/aromatic N) is 4. The maximum Gasteiger partial charge on any atom is 0.255 e. The third-order valence-electron chi connectivity index (χ3n) is 5.87. The number of amides is 2. The van der Waals surface area contributed by atoms with E-state index in [1.165, 1.54) is 5.56 Å². The van der Waals surface area contributed by atoms with Crippen LogP contribution < -0.4 is 15.0 Å². The molecule has 0 saturated carbocycles. The molecule has 0 bridgehead atoms. The predicted octanol–water partition coefficient (Wildman–Crippen LogP) is 2.64. The molecule has 0 radical (unpaired) electrons. The van der Waals surface area contributed by atoms with Gasteiger partial charge in [0, 0.05) is 25.5 Å². The average molecular weight is 429 g/mol. The van der Waals surface area contributed by atoms with Gasteiger partial charge in [-0.15, -0.1) is 0 Å². The first-order chi connectivity index (χ1) is 15.6. The Morgan fingerprint density at radius 3 is 2.88 bits per heavy atom. The lowest BCUT2D eigenvalue weighted by Gasteiger charge is -2.31. The Hall–Kier alpha value is -3.94. The van der Waals surface area contributed by atoms with Crippen LogP contribution in [-0.2, 0) is 24.3 Å². The molecule has 5 rings (SSSR count). The number of carbonyl (C=O) groups is 2. The predicted molar refractivity (Wildman–Crippen MR) is 120 cm³/mol. The van der Waals surface area contributed by atoms with E-state index >= 15 is 0 Å². The molecule has 2 amide bonds. The Kier molecular flexibility index (Phi) is 5.18. The van der Waals surface area contributed by atoms with E-state index in [0.717, 1.165) is 23.4 Å². The SMILES string of the molecule is COc1ccc2c(c1)CCN(C(=O)c1cnc3c(c1)N(Cc1ccccn1)C(=O)CN3)C2. The molecule has 2 aromatic heterocycles. The first-order valence-electron chi connectivity index (χ1n) is 10.5. The number of rotatable bonds is 4. The summed E-state index contributed by atoms with van der Waals surface area (Å²) in [6.45, 7) is 1.63. The van der Waals surface area contributed by atoms with Gasteiger partial charge in [0.05, 0.1) is 37.1 Å². The van der Waals surface area contributed by atoms with Crippen LogP contribution in [-0.4, -0.2) is 46.9 Å². The molecule has 1 N–H and O–H groups in total. The highest BCUT2D eigenvalue weighted by Gasteiger charge is 2.28. The molecule has 2 aliphatic rings. The molecule has 8 heteroatoms. The van der Waals surface area contributed by atoms with E-state index in [2.05, 4.69) is 15.3 Å². The fourth-order valence-corrected chi connectivity index (χ4v) is 4.14. The van der Waals surface area contributed by atoms with E-state index in [4.69, 9.17) is 4.74 Å². The van der Waals surface area contributed by atoms with Gasteiger partial charge in [-0.25, -0.2) is 4.98 Å². The number of benzene rings is 1. The second-order valence-electron chi connectivity index (χ2n) is 7.86. The van der Waals surface area contributed by atoms with E-state index < -0.39 is 0 Å². The highest BCUT2D eigenvalue weighted by Crippen LogP contribution is 2.31. The number of anilines is 2. The molecule has 32 heavy (non-hydrogen) atoms.